The van der Waals surface area contributed by atoms with E-state index < -0.39 is 41.6 Å². The molecule has 0 spiro atoms. The van der Waals surface area contributed by atoms with Gasteiger partial charge in [-0.1, -0.05) is 17.3 Å². The zero-order valence-electron chi connectivity index (χ0n) is 18.8. The number of carbonyl (C=O) groups excluding carboxylic acids is 1. The summed E-state index contributed by atoms with van der Waals surface area (Å²) < 4.78 is 21.2. The molecule has 0 radical (unpaired) electrons. The Kier molecular flexibility index (Phi) is 5.42. The molecule has 4 heterocycles. The molecule has 1 aromatic carbocycles. The van der Waals surface area contributed by atoms with Crippen molar-refractivity contribution >= 4 is 11.6 Å². The van der Waals surface area contributed by atoms with Gasteiger partial charge in [0.2, 0.25) is 5.91 Å². The van der Waals surface area contributed by atoms with Crippen LogP contribution in [0.25, 0.3) is 11.3 Å². The Labute approximate surface area is 193 Å². The number of benzene rings is 1. The second-order valence-corrected chi connectivity index (χ2v) is 8.73. The number of amides is 1. The van der Waals surface area contributed by atoms with Gasteiger partial charge in [-0.3, -0.25) is 19.1 Å². The Bertz CT molecular complexity index is 1330. The first-order valence-electron chi connectivity index (χ1n) is 10.8. The van der Waals surface area contributed by atoms with Gasteiger partial charge in [-0.15, -0.1) is 5.10 Å². The van der Waals surface area contributed by atoms with Gasteiger partial charge in [0, 0.05) is 30.4 Å². The van der Waals surface area contributed by atoms with E-state index in [2.05, 4.69) is 20.6 Å². The summed E-state index contributed by atoms with van der Waals surface area (Å²) in [5.41, 5.74) is 1.11. The standard InChI is InChI=1S/C22H24N6O6/c1-12(29)23-14-6-4-13(5-7-14)15-10-27(26-25-15)11-16-18-19(34-22(2,3)33-18)20(32-16)28-9-8-17(30)24-21(28)31/h4-10,16,18-20H,11H2,1-3H3,(H,23,29)(H,24,30,31)/t16-,18-,19-,20-/m1/s1. The maximum atomic E-state index is 12.4. The van der Waals surface area contributed by atoms with Crippen molar-refractivity contribution in [2.45, 2.75) is 57.6 Å². The topological polar surface area (TPSA) is 142 Å². The highest BCUT2D eigenvalue weighted by atomic mass is 16.8. The first-order valence-corrected chi connectivity index (χ1v) is 10.8. The lowest BCUT2D eigenvalue weighted by atomic mass is 10.1. The molecule has 1 amide bonds. The van der Waals surface area contributed by atoms with E-state index in [-0.39, 0.29) is 5.91 Å². The Morgan fingerprint density at radius 1 is 1.15 bits per heavy atom. The van der Waals surface area contributed by atoms with Crippen LogP contribution in [-0.2, 0) is 25.5 Å². The Hall–Kier alpha value is -3.61. The number of carbonyl (C=O) groups is 1. The van der Waals surface area contributed by atoms with E-state index in [0.29, 0.717) is 17.9 Å². The van der Waals surface area contributed by atoms with Gasteiger partial charge >= 0.3 is 5.69 Å². The molecule has 2 saturated heterocycles. The van der Waals surface area contributed by atoms with Crippen LogP contribution in [0.5, 0.6) is 0 Å². The number of H-pyrrole nitrogens is 1. The minimum absolute atomic E-state index is 0.141. The van der Waals surface area contributed by atoms with Crippen molar-refractivity contribution in [1.82, 2.24) is 24.5 Å². The van der Waals surface area contributed by atoms with E-state index in [9.17, 15) is 14.4 Å². The van der Waals surface area contributed by atoms with Crippen LogP contribution in [0, 0.1) is 0 Å². The molecule has 0 saturated carbocycles. The van der Waals surface area contributed by atoms with E-state index in [1.54, 1.807) is 36.9 Å². The number of anilines is 1. The van der Waals surface area contributed by atoms with Crippen molar-refractivity contribution in [1.29, 1.82) is 0 Å². The molecular weight excluding hydrogens is 444 g/mol. The summed E-state index contributed by atoms with van der Waals surface area (Å²) in [6.07, 6.45) is 0.916. The third kappa shape index (κ3) is 4.30. The first-order chi connectivity index (χ1) is 16.2. The number of nitrogens with one attached hydrogen (secondary N) is 2. The number of ether oxygens (including phenoxy) is 3. The Morgan fingerprint density at radius 3 is 2.59 bits per heavy atom. The van der Waals surface area contributed by atoms with Gasteiger partial charge in [-0.25, -0.2) is 9.48 Å². The van der Waals surface area contributed by atoms with Gasteiger partial charge in [-0.05, 0) is 26.0 Å². The summed E-state index contributed by atoms with van der Waals surface area (Å²) in [5, 5.41) is 11.2. The maximum Gasteiger partial charge on any atom is 0.330 e. The molecule has 12 heteroatoms. The number of rotatable bonds is 5. The Morgan fingerprint density at radius 2 is 1.88 bits per heavy atom. The van der Waals surface area contributed by atoms with Gasteiger partial charge in [0.15, 0.2) is 12.0 Å². The fourth-order valence-electron chi connectivity index (χ4n) is 4.29. The molecule has 0 unspecified atom stereocenters. The first kappa shape index (κ1) is 22.2. The summed E-state index contributed by atoms with van der Waals surface area (Å²) in [6.45, 7) is 5.36. The largest absolute Gasteiger partial charge is 0.347 e. The van der Waals surface area contributed by atoms with Gasteiger partial charge in [0.25, 0.3) is 5.56 Å². The van der Waals surface area contributed by atoms with Crippen LogP contribution in [0.3, 0.4) is 0 Å². The van der Waals surface area contributed by atoms with Crippen LogP contribution >= 0.6 is 0 Å². The molecule has 3 aromatic rings. The molecule has 2 aliphatic rings. The fraction of sp³-hybridized carbons (Fsp3) is 0.409. The minimum atomic E-state index is -0.857. The van der Waals surface area contributed by atoms with Crippen LogP contribution in [0.15, 0.2) is 52.3 Å². The highest BCUT2D eigenvalue weighted by Crippen LogP contribution is 2.43. The van der Waals surface area contributed by atoms with E-state index in [0.717, 1.165) is 5.56 Å². The van der Waals surface area contributed by atoms with Crippen molar-refractivity contribution in [3.05, 3.63) is 63.6 Å². The molecule has 12 nitrogen and oxygen atoms in total. The van der Waals surface area contributed by atoms with E-state index >= 15 is 0 Å². The van der Waals surface area contributed by atoms with Gasteiger partial charge in [-0.2, -0.15) is 0 Å². The lowest BCUT2D eigenvalue weighted by Crippen LogP contribution is -2.37. The monoisotopic (exact) mass is 468 g/mol. The second kappa shape index (κ2) is 8.31. The number of aromatic nitrogens is 5. The predicted molar refractivity (Wildman–Crippen MR) is 119 cm³/mol. The average molecular weight is 468 g/mol. The second-order valence-electron chi connectivity index (χ2n) is 8.73. The van der Waals surface area contributed by atoms with Crippen LogP contribution in [0.4, 0.5) is 5.69 Å². The van der Waals surface area contributed by atoms with Crippen LogP contribution in [0.1, 0.15) is 27.0 Å². The summed E-state index contributed by atoms with van der Waals surface area (Å²) in [6, 6.07) is 8.53. The smallest absolute Gasteiger partial charge is 0.330 e. The number of aromatic amines is 1. The lowest BCUT2D eigenvalue weighted by Gasteiger charge is -2.24. The lowest BCUT2D eigenvalue weighted by molar-refractivity contribution is -0.198. The molecule has 178 valence electrons. The zero-order valence-corrected chi connectivity index (χ0v) is 18.8. The molecule has 2 N–H and O–H groups in total. The summed E-state index contributed by atoms with van der Waals surface area (Å²) in [5.74, 6) is -0.998. The molecule has 2 aromatic heterocycles. The van der Waals surface area contributed by atoms with Crippen LogP contribution in [-0.4, -0.2) is 54.6 Å². The third-order valence-corrected chi connectivity index (χ3v) is 5.66. The number of hydrogen-bond acceptors (Lipinski definition) is 8. The molecule has 5 rings (SSSR count). The molecule has 34 heavy (non-hydrogen) atoms. The summed E-state index contributed by atoms with van der Waals surface area (Å²) >= 11 is 0. The third-order valence-electron chi connectivity index (χ3n) is 5.66. The van der Waals surface area contributed by atoms with Crippen molar-refractivity contribution < 1.29 is 19.0 Å². The predicted octanol–water partition coefficient (Wildman–Crippen LogP) is 0.871. The highest BCUT2D eigenvalue weighted by molar-refractivity contribution is 5.88. The molecule has 2 aliphatic heterocycles. The molecule has 0 bridgehead atoms. The van der Waals surface area contributed by atoms with Crippen molar-refractivity contribution in [2.24, 2.45) is 0 Å². The number of nitrogens with zero attached hydrogens (tertiary/aromatic N) is 4. The summed E-state index contributed by atoms with van der Waals surface area (Å²) in [7, 11) is 0. The summed E-state index contributed by atoms with van der Waals surface area (Å²) in [4.78, 5) is 37.3. The van der Waals surface area contributed by atoms with Crippen molar-refractivity contribution in [3.63, 3.8) is 0 Å². The normalized spacial score (nSPS) is 25.3. The molecule has 0 aliphatic carbocycles. The van der Waals surface area contributed by atoms with E-state index in [4.69, 9.17) is 14.2 Å². The van der Waals surface area contributed by atoms with Crippen molar-refractivity contribution in [3.8, 4) is 11.3 Å². The van der Waals surface area contributed by atoms with E-state index in [1.807, 2.05) is 12.1 Å². The zero-order chi connectivity index (χ0) is 24.0. The van der Waals surface area contributed by atoms with Crippen molar-refractivity contribution in [2.75, 3.05) is 5.32 Å². The van der Waals surface area contributed by atoms with Crippen LogP contribution < -0.4 is 16.6 Å². The van der Waals surface area contributed by atoms with Gasteiger partial charge < -0.3 is 19.5 Å². The minimum Gasteiger partial charge on any atom is -0.347 e. The average Bonchev–Trinajstić information content (AvgIpc) is 3.43. The SMILES string of the molecule is CC(=O)Nc1ccc(-c2cn(C[C@H]3O[C@@H](n4ccc(=O)[nH]c4=O)[C@@H]4OC(C)(C)O[C@@H]43)nn2)cc1. The van der Waals surface area contributed by atoms with Gasteiger partial charge in [0.05, 0.1) is 12.7 Å². The number of fused-ring (bicyclic) bond motifs is 1. The van der Waals surface area contributed by atoms with E-state index in [1.165, 1.54) is 23.8 Å². The van der Waals surface area contributed by atoms with Gasteiger partial charge in [0.1, 0.15) is 24.0 Å². The fourth-order valence-corrected chi connectivity index (χ4v) is 4.29. The maximum absolute atomic E-state index is 12.4. The highest BCUT2D eigenvalue weighted by Gasteiger charge is 2.56. The molecule has 4 atom stereocenters. The molecule has 2 fully saturated rings. The Balaban J connectivity index is 1.36. The van der Waals surface area contributed by atoms with Crippen LogP contribution in [0.2, 0.25) is 0 Å². The quantitative estimate of drug-likeness (QED) is 0.562. The number of hydrogen-bond donors (Lipinski definition) is 2. The molecular formula is C22H24N6O6.